The maximum atomic E-state index is 13.5. The van der Waals surface area contributed by atoms with Gasteiger partial charge < -0.3 is 5.11 Å². The van der Waals surface area contributed by atoms with Gasteiger partial charge in [0.15, 0.2) is 9.84 Å². The Morgan fingerprint density at radius 3 is 2.17 bits per heavy atom. The van der Waals surface area contributed by atoms with E-state index in [-0.39, 0.29) is 32.9 Å². The molecule has 214 valence electrons. The molecule has 0 aliphatic carbocycles. The summed E-state index contributed by atoms with van der Waals surface area (Å²) in [7, 11) is -13.8. The average Bonchev–Trinajstić information content (AvgIpc) is 2.88. The molecule has 0 amide bonds. The first-order valence-corrected chi connectivity index (χ1v) is 16.0. The molecule has 0 aliphatic heterocycles. The van der Waals surface area contributed by atoms with Gasteiger partial charge in [-0.25, -0.2) is 16.8 Å². The number of phenols is 1. The van der Waals surface area contributed by atoms with Crippen molar-refractivity contribution < 1.29 is 39.2 Å². The van der Waals surface area contributed by atoms with Crippen LogP contribution < -0.4 is 4.72 Å². The molecule has 4 aromatic rings. The summed E-state index contributed by atoms with van der Waals surface area (Å²) in [6, 6.07) is 11.5. The summed E-state index contributed by atoms with van der Waals surface area (Å²) in [5.74, 6) is -0.459. The number of benzene rings is 4. The van der Waals surface area contributed by atoms with Gasteiger partial charge >= 0.3 is 10.2 Å². The molecule has 0 saturated carbocycles. The third kappa shape index (κ3) is 6.27. The largest absolute Gasteiger partial charge is 0.506 e. The van der Waals surface area contributed by atoms with Crippen LogP contribution in [0.5, 0.6) is 5.75 Å². The molecule has 4 aromatic carbocycles. The number of nitro benzene ring substituents is 1. The zero-order valence-electron chi connectivity index (χ0n) is 20.4. The standard InChI is InChI=1S/C23H16ClFN4O9S3/c1-39(33,34)21-10-13(29(31)32)8-9-18(21)26-27-20-12-17(24)23(30)16-6-3-7-19(22(16)20)28-41(37,38)15-5-2-4-14(11-15)40(25,35)36/h2-12,28,30H,1H3. The number of hydrogen-bond acceptors (Lipinski definition) is 11. The van der Waals surface area contributed by atoms with Gasteiger partial charge in [-0.15, -0.1) is 14.1 Å². The highest BCUT2D eigenvalue weighted by atomic mass is 35.5. The Hall–Kier alpha value is -4.19. The van der Waals surface area contributed by atoms with Crippen molar-refractivity contribution in [2.45, 2.75) is 14.7 Å². The van der Waals surface area contributed by atoms with E-state index >= 15 is 0 Å². The van der Waals surface area contributed by atoms with E-state index in [9.17, 15) is 44.4 Å². The van der Waals surface area contributed by atoms with Gasteiger partial charge in [0.25, 0.3) is 15.7 Å². The molecule has 0 aliphatic rings. The lowest BCUT2D eigenvalue weighted by molar-refractivity contribution is -0.385. The van der Waals surface area contributed by atoms with E-state index in [0.29, 0.717) is 6.07 Å². The number of non-ortho nitro benzene ring substituents is 1. The van der Waals surface area contributed by atoms with E-state index < -0.39 is 61.1 Å². The number of sulfonamides is 1. The van der Waals surface area contributed by atoms with E-state index in [0.717, 1.165) is 48.7 Å². The second-order valence-corrected chi connectivity index (χ2v) is 13.8. The summed E-state index contributed by atoms with van der Waals surface area (Å²) in [6.07, 6.45) is 0.813. The van der Waals surface area contributed by atoms with Gasteiger partial charge in [-0.2, -0.15) is 8.42 Å². The monoisotopic (exact) mass is 642 g/mol. The normalized spacial score (nSPS) is 12.6. The first-order valence-electron chi connectivity index (χ1n) is 10.9. The number of anilines is 1. The second-order valence-electron chi connectivity index (χ2n) is 8.35. The molecule has 18 heteroatoms. The van der Waals surface area contributed by atoms with Crippen LogP contribution in [0.4, 0.5) is 26.6 Å². The summed E-state index contributed by atoms with van der Waals surface area (Å²) >= 11 is 6.12. The van der Waals surface area contributed by atoms with Gasteiger partial charge in [-0.3, -0.25) is 14.8 Å². The summed E-state index contributed by atoms with van der Waals surface area (Å²) in [6.45, 7) is 0. The molecule has 0 aromatic heterocycles. The van der Waals surface area contributed by atoms with Gasteiger partial charge in [0, 0.05) is 29.2 Å². The van der Waals surface area contributed by atoms with Gasteiger partial charge in [-0.1, -0.05) is 29.8 Å². The third-order valence-corrected chi connectivity index (χ3v) is 9.12. The summed E-state index contributed by atoms with van der Waals surface area (Å²) in [4.78, 5) is 8.34. The van der Waals surface area contributed by atoms with Crippen LogP contribution in [0.25, 0.3) is 10.8 Å². The number of azo groups is 1. The molecular formula is C23H16ClFN4O9S3. The first kappa shape index (κ1) is 29.8. The number of nitro groups is 1. The van der Waals surface area contributed by atoms with Crippen LogP contribution in [0.3, 0.4) is 0 Å². The molecule has 0 saturated heterocycles. The number of aromatic hydroxyl groups is 1. The number of fused-ring (bicyclic) bond motifs is 1. The number of phenolic OH excluding ortho intramolecular Hbond substituents is 1. The predicted octanol–water partition coefficient (Wildman–Crippen LogP) is 5.38. The minimum Gasteiger partial charge on any atom is -0.506 e. The molecule has 0 bridgehead atoms. The summed E-state index contributed by atoms with van der Waals surface area (Å²) in [5, 5.41) is 29.3. The maximum Gasteiger partial charge on any atom is 0.332 e. The Morgan fingerprint density at radius 2 is 1.54 bits per heavy atom. The van der Waals surface area contributed by atoms with Crippen LogP contribution in [0.15, 0.2) is 91.6 Å². The molecule has 0 unspecified atom stereocenters. The predicted molar refractivity (Wildman–Crippen MR) is 147 cm³/mol. The molecule has 0 fully saturated rings. The Labute approximate surface area is 237 Å². The van der Waals surface area contributed by atoms with E-state index in [1.54, 1.807) is 0 Å². The lowest BCUT2D eigenvalue weighted by Crippen LogP contribution is -2.13. The zero-order valence-corrected chi connectivity index (χ0v) is 23.6. The van der Waals surface area contributed by atoms with E-state index in [2.05, 4.69) is 15.0 Å². The van der Waals surface area contributed by atoms with Crippen molar-refractivity contribution >= 4 is 75.2 Å². The number of rotatable bonds is 8. The van der Waals surface area contributed by atoms with Crippen molar-refractivity contribution in [1.29, 1.82) is 0 Å². The quantitative estimate of drug-likeness (QED) is 0.109. The Morgan fingerprint density at radius 1 is 0.902 bits per heavy atom. The van der Waals surface area contributed by atoms with Crippen LogP contribution in [-0.4, -0.2) is 41.5 Å². The Kier molecular flexibility index (Phi) is 7.74. The van der Waals surface area contributed by atoms with Crippen LogP contribution in [-0.2, 0) is 30.1 Å². The highest BCUT2D eigenvalue weighted by Crippen LogP contribution is 2.43. The number of sulfone groups is 1. The SMILES string of the molecule is CS(=O)(=O)c1cc([N+](=O)[O-])ccc1N=Nc1cc(Cl)c(O)c2cccc(NS(=O)(=O)c3cccc(S(=O)(=O)F)c3)c12. The molecule has 0 radical (unpaired) electrons. The van der Waals surface area contributed by atoms with Crippen LogP contribution in [0.1, 0.15) is 0 Å². The average molecular weight is 643 g/mol. The lowest BCUT2D eigenvalue weighted by Gasteiger charge is -2.14. The van der Waals surface area contributed by atoms with Crippen molar-refractivity contribution in [2.75, 3.05) is 11.0 Å². The number of hydrogen-bond donors (Lipinski definition) is 2. The highest BCUT2D eigenvalue weighted by Gasteiger charge is 2.23. The van der Waals surface area contributed by atoms with Crippen LogP contribution >= 0.6 is 11.6 Å². The maximum absolute atomic E-state index is 13.5. The topological polar surface area (TPSA) is 203 Å². The molecular weight excluding hydrogens is 627 g/mol. The minimum absolute atomic E-state index is 0.00114. The minimum atomic E-state index is -5.21. The highest BCUT2D eigenvalue weighted by molar-refractivity contribution is 7.93. The van der Waals surface area contributed by atoms with Gasteiger partial charge in [-0.05, 0) is 36.4 Å². The fraction of sp³-hybridized carbons (Fsp3) is 0.0435. The fourth-order valence-electron chi connectivity index (χ4n) is 3.68. The van der Waals surface area contributed by atoms with Crippen molar-refractivity contribution in [1.82, 2.24) is 0 Å². The van der Waals surface area contributed by atoms with E-state index in [1.807, 2.05) is 0 Å². The van der Waals surface area contributed by atoms with Crippen LogP contribution in [0, 0.1) is 10.1 Å². The third-order valence-electron chi connectivity index (χ3n) is 5.53. The van der Waals surface area contributed by atoms with Gasteiger partial charge in [0.1, 0.15) is 16.3 Å². The van der Waals surface area contributed by atoms with Crippen molar-refractivity contribution in [3.8, 4) is 5.75 Å². The number of nitrogens with zero attached hydrogens (tertiary/aromatic N) is 3. The molecule has 2 N–H and O–H groups in total. The molecule has 0 atom stereocenters. The Bertz CT molecular complexity index is 2100. The first-order chi connectivity index (χ1) is 19.0. The summed E-state index contributed by atoms with van der Waals surface area (Å²) in [5.41, 5.74) is -1.13. The zero-order chi connectivity index (χ0) is 30.3. The van der Waals surface area contributed by atoms with Crippen molar-refractivity contribution in [2.24, 2.45) is 10.2 Å². The molecule has 0 heterocycles. The Balaban J connectivity index is 1.89. The van der Waals surface area contributed by atoms with E-state index in [4.69, 9.17) is 11.6 Å². The van der Waals surface area contributed by atoms with Crippen LogP contribution in [0.2, 0.25) is 5.02 Å². The van der Waals surface area contributed by atoms with Crippen molar-refractivity contribution in [3.63, 3.8) is 0 Å². The number of nitrogens with one attached hydrogen (secondary N) is 1. The lowest BCUT2D eigenvalue weighted by atomic mass is 10.1. The fourth-order valence-corrected chi connectivity index (χ4v) is 6.41. The number of halogens is 2. The van der Waals surface area contributed by atoms with Crippen molar-refractivity contribution in [3.05, 3.63) is 81.9 Å². The summed E-state index contributed by atoms with van der Waals surface area (Å²) < 4.78 is 89.0. The molecule has 0 spiro atoms. The van der Waals surface area contributed by atoms with E-state index in [1.165, 1.54) is 18.2 Å². The molecule has 4 rings (SSSR count). The molecule has 41 heavy (non-hydrogen) atoms. The second kappa shape index (κ2) is 10.7. The molecule has 13 nitrogen and oxygen atoms in total. The smallest absolute Gasteiger partial charge is 0.332 e. The van der Waals surface area contributed by atoms with Gasteiger partial charge in [0.05, 0.1) is 31.1 Å². The van der Waals surface area contributed by atoms with Gasteiger partial charge in [0.2, 0.25) is 0 Å².